The van der Waals surface area contributed by atoms with Gasteiger partial charge in [-0.2, -0.15) is 0 Å². The third-order valence-electron chi connectivity index (χ3n) is 5.58. The molecule has 3 aromatic rings. The van der Waals surface area contributed by atoms with Gasteiger partial charge in [-0.15, -0.1) is 0 Å². The van der Waals surface area contributed by atoms with Crippen LogP contribution >= 0.6 is 0 Å². The van der Waals surface area contributed by atoms with E-state index >= 15 is 0 Å². The summed E-state index contributed by atoms with van der Waals surface area (Å²) in [5, 5.41) is 2.42. The maximum absolute atomic E-state index is 14.3. The topological polar surface area (TPSA) is 0 Å². The molecule has 3 aromatic carbocycles. The Bertz CT molecular complexity index is 1050. The molecule has 0 amide bonds. The third-order valence-corrected chi connectivity index (χ3v) is 5.58. The highest BCUT2D eigenvalue weighted by Gasteiger charge is 2.21. The fourth-order valence-electron chi connectivity index (χ4n) is 4.38. The molecule has 0 spiro atoms. The number of halogens is 1. The van der Waals surface area contributed by atoms with Gasteiger partial charge >= 0.3 is 0 Å². The summed E-state index contributed by atoms with van der Waals surface area (Å²) in [7, 11) is 0. The molecular formula is C24H19F. The molecule has 0 fully saturated rings. The zero-order valence-electron chi connectivity index (χ0n) is 14.1. The van der Waals surface area contributed by atoms with Crippen molar-refractivity contribution in [1.29, 1.82) is 0 Å². The molecule has 0 nitrogen and oxygen atoms in total. The predicted octanol–water partition coefficient (Wildman–Crippen LogP) is 6.70. The Balaban J connectivity index is 1.77. The Labute approximate surface area is 147 Å². The fourth-order valence-corrected chi connectivity index (χ4v) is 4.38. The van der Waals surface area contributed by atoms with E-state index in [0.717, 1.165) is 23.8 Å². The number of aryl methyl sites for hydroxylation is 1. The second-order valence-electron chi connectivity index (χ2n) is 6.93. The smallest absolute Gasteiger partial charge is 0.131 e. The predicted molar refractivity (Wildman–Crippen MR) is 103 cm³/mol. The highest BCUT2D eigenvalue weighted by atomic mass is 19.1. The zero-order valence-corrected chi connectivity index (χ0v) is 14.1. The Morgan fingerprint density at radius 1 is 0.680 bits per heavy atom. The minimum Gasteiger partial charge on any atom is -0.206 e. The molecule has 122 valence electrons. The highest BCUT2D eigenvalue weighted by molar-refractivity contribution is 6.01. The van der Waals surface area contributed by atoms with Crippen LogP contribution in [-0.2, 0) is 6.42 Å². The van der Waals surface area contributed by atoms with Gasteiger partial charge in [0.2, 0.25) is 0 Å². The lowest BCUT2D eigenvalue weighted by atomic mass is 9.79. The Hall–Kier alpha value is -2.67. The monoisotopic (exact) mass is 326 g/mol. The number of hydrogen-bond acceptors (Lipinski definition) is 0. The molecule has 0 unspecified atom stereocenters. The van der Waals surface area contributed by atoms with Gasteiger partial charge in [0.05, 0.1) is 0 Å². The summed E-state index contributed by atoms with van der Waals surface area (Å²) >= 11 is 0. The molecule has 0 heterocycles. The van der Waals surface area contributed by atoms with Crippen molar-refractivity contribution < 1.29 is 4.39 Å². The van der Waals surface area contributed by atoms with Gasteiger partial charge in [0.1, 0.15) is 5.82 Å². The van der Waals surface area contributed by atoms with E-state index in [-0.39, 0.29) is 5.82 Å². The molecular weight excluding hydrogens is 307 g/mol. The molecule has 5 rings (SSSR count). The molecule has 0 radical (unpaired) electrons. The van der Waals surface area contributed by atoms with Crippen molar-refractivity contribution in [2.75, 3.05) is 0 Å². The first-order valence-corrected chi connectivity index (χ1v) is 9.01. The Morgan fingerprint density at radius 2 is 1.56 bits per heavy atom. The largest absolute Gasteiger partial charge is 0.206 e. The SMILES string of the molecule is Fc1ccccc1-c1cccc2c3c(ccc12)C1=C(CCC=C1)CC3. The van der Waals surface area contributed by atoms with Crippen molar-refractivity contribution in [3.63, 3.8) is 0 Å². The van der Waals surface area contributed by atoms with Crippen LogP contribution in [0.2, 0.25) is 0 Å². The van der Waals surface area contributed by atoms with Crippen molar-refractivity contribution in [1.82, 2.24) is 0 Å². The van der Waals surface area contributed by atoms with Crippen LogP contribution in [0.15, 0.2) is 72.3 Å². The molecule has 0 atom stereocenters. The summed E-state index contributed by atoms with van der Waals surface area (Å²) in [5.41, 5.74) is 7.47. The first-order valence-electron chi connectivity index (χ1n) is 9.01. The van der Waals surface area contributed by atoms with E-state index in [9.17, 15) is 4.39 Å². The minimum absolute atomic E-state index is 0.159. The summed E-state index contributed by atoms with van der Waals surface area (Å²) in [6.45, 7) is 0. The van der Waals surface area contributed by atoms with Crippen LogP contribution in [0.25, 0.3) is 27.5 Å². The van der Waals surface area contributed by atoms with Crippen molar-refractivity contribution in [3.8, 4) is 11.1 Å². The van der Waals surface area contributed by atoms with Gasteiger partial charge in [0, 0.05) is 5.56 Å². The summed E-state index contributed by atoms with van der Waals surface area (Å²) in [6.07, 6.45) is 9.17. The van der Waals surface area contributed by atoms with E-state index in [1.54, 1.807) is 11.6 Å². The van der Waals surface area contributed by atoms with Gasteiger partial charge in [-0.05, 0) is 64.8 Å². The van der Waals surface area contributed by atoms with Crippen LogP contribution in [0.5, 0.6) is 0 Å². The van der Waals surface area contributed by atoms with Gasteiger partial charge in [-0.25, -0.2) is 4.39 Å². The maximum Gasteiger partial charge on any atom is 0.131 e. The van der Waals surface area contributed by atoms with E-state index in [1.165, 1.54) is 41.0 Å². The Morgan fingerprint density at radius 3 is 2.48 bits per heavy atom. The molecule has 2 aliphatic rings. The lowest BCUT2D eigenvalue weighted by Gasteiger charge is -2.26. The molecule has 0 saturated heterocycles. The van der Waals surface area contributed by atoms with Gasteiger partial charge in [-0.1, -0.05) is 66.3 Å². The second kappa shape index (κ2) is 5.70. The van der Waals surface area contributed by atoms with Crippen LogP contribution in [0.4, 0.5) is 4.39 Å². The number of rotatable bonds is 1. The fraction of sp³-hybridized carbons (Fsp3) is 0.167. The van der Waals surface area contributed by atoms with Crippen LogP contribution in [0.1, 0.15) is 30.4 Å². The van der Waals surface area contributed by atoms with E-state index in [2.05, 4.69) is 36.4 Å². The van der Waals surface area contributed by atoms with Crippen LogP contribution in [0, 0.1) is 5.82 Å². The standard InChI is InChI=1S/C24H19F/c25-24-11-4-3-8-23(24)19-10-5-9-18-21-13-12-16-6-1-2-7-17(16)20(21)14-15-22(18)19/h2-5,7-11,14-15H,1,6,12-13H2. The quantitative estimate of drug-likeness (QED) is 0.467. The first-order chi connectivity index (χ1) is 12.3. The number of fused-ring (bicyclic) bond motifs is 4. The number of allylic oxidation sites excluding steroid dienone is 4. The number of hydrogen-bond donors (Lipinski definition) is 0. The van der Waals surface area contributed by atoms with Gasteiger partial charge < -0.3 is 0 Å². The molecule has 0 aliphatic heterocycles. The molecule has 0 saturated carbocycles. The molecule has 0 N–H and O–H groups in total. The second-order valence-corrected chi connectivity index (χ2v) is 6.93. The highest BCUT2D eigenvalue weighted by Crippen LogP contribution is 2.41. The van der Waals surface area contributed by atoms with Crippen LogP contribution in [0.3, 0.4) is 0 Å². The zero-order chi connectivity index (χ0) is 16.8. The molecule has 0 bridgehead atoms. The van der Waals surface area contributed by atoms with E-state index < -0.39 is 0 Å². The van der Waals surface area contributed by atoms with Crippen molar-refractivity contribution in [2.45, 2.75) is 25.7 Å². The van der Waals surface area contributed by atoms with Crippen LogP contribution < -0.4 is 0 Å². The first kappa shape index (κ1) is 14.7. The molecule has 2 aliphatic carbocycles. The van der Waals surface area contributed by atoms with Crippen molar-refractivity contribution in [3.05, 3.63) is 89.3 Å². The summed E-state index contributed by atoms with van der Waals surface area (Å²) in [5.74, 6) is -0.159. The van der Waals surface area contributed by atoms with Crippen molar-refractivity contribution >= 4 is 16.3 Å². The van der Waals surface area contributed by atoms with E-state index in [1.807, 2.05) is 18.2 Å². The average molecular weight is 326 g/mol. The maximum atomic E-state index is 14.3. The Kier molecular flexibility index (Phi) is 3.34. The summed E-state index contributed by atoms with van der Waals surface area (Å²) in [6, 6.07) is 17.8. The molecule has 25 heavy (non-hydrogen) atoms. The van der Waals surface area contributed by atoms with Crippen molar-refractivity contribution in [2.24, 2.45) is 0 Å². The lowest BCUT2D eigenvalue weighted by molar-refractivity contribution is 0.631. The van der Waals surface area contributed by atoms with Gasteiger partial charge in [0.25, 0.3) is 0 Å². The summed E-state index contributed by atoms with van der Waals surface area (Å²) in [4.78, 5) is 0. The minimum atomic E-state index is -0.159. The number of benzene rings is 3. The van der Waals surface area contributed by atoms with E-state index in [0.29, 0.717) is 5.56 Å². The lowest BCUT2D eigenvalue weighted by Crippen LogP contribution is -2.07. The van der Waals surface area contributed by atoms with Crippen LogP contribution in [-0.4, -0.2) is 0 Å². The molecule has 0 aromatic heterocycles. The van der Waals surface area contributed by atoms with Gasteiger partial charge in [-0.3, -0.25) is 0 Å². The molecule has 1 heteroatoms. The van der Waals surface area contributed by atoms with Gasteiger partial charge in [0.15, 0.2) is 0 Å². The van der Waals surface area contributed by atoms with E-state index in [4.69, 9.17) is 0 Å². The summed E-state index contributed by atoms with van der Waals surface area (Å²) < 4.78 is 14.3. The third kappa shape index (κ3) is 2.26. The average Bonchev–Trinajstić information content (AvgIpc) is 2.67. The normalized spacial score (nSPS) is 16.0.